The molecular weight excluding hydrogens is 272 g/mol. The van der Waals surface area contributed by atoms with Gasteiger partial charge in [-0.1, -0.05) is 12.1 Å². The summed E-state index contributed by atoms with van der Waals surface area (Å²) in [5.74, 6) is -0.283. The number of ether oxygens (including phenoxy) is 1. The molecule has 114 valence electrons. The van der Waals surface area contributed by atoms with E-state index in [4.69, 9.17) is 4.74 Å². The van der Waals surface area contributed by atoms with Crippen LogP contribution in [0.25, 0.3) is 0 Å². The summed E-state index contributed by atoms with van der Waals surface area (Å²) >= 11 is 0. The van der Waals surface area contributed by atoms with E-state index in [-0.39, 0.29) is 23.3 Å². The first-order valence-electron chi connectivity index (χ1n) is 7.19. The second-order valence-corrected chi connectivity index (χ2v) is 5.20. The molecule has 0 saturated carbocycles. The van der Waals surface area contributed by atoms with Gasteiger partial charge in [0.2, 0.25) is 0 Å². The maximum Gasteiger partial charge on any atom is 0.285 e. The topological polar surface area (TPSA) is 72.7 Å². The molecular formula is C15H20N2O4. The average molecular weight is 292 g/mol. The van der Waals surface area contributed by atoms with E-state index < -0.39 is 4.92 Å². The lowest BCUT2D eigenvalue weighted by Gasteiger charge is -2.32. The monoisotopic (exact) mass is 292 g/mol. The molecule has 6 heteroatoms. The third-order valence-corrected chi connectivity index (χ3v) is 3.72. The van der Waals surface area contributed by atoms with Crippen molar-refractivity contribution in [1.29, 1.82) is 0 Å². The zero-order valence-corrected chi connectivity index (χ0v) is 12.4. The minimum absolute atomic E-state index is 0.0246. The van der Waals surface area contributed by atoms with Gasteiger partial charge in [0.05, 0.1) is 11.0 Å². The van der Waals surface area contributed by atoms with Crippen molar-refractivity contribution in [2.45, 2.75) is 32.8 Å². The molecule has 0 radical (unpaired) electrons. The number of rotatable bonds is 4. The molecule has 0 spiro atoms. The second-order valence-electron chi connectivity index (χ2n) is 5.20. The minimum atomic E-state index is -0.480. The van der Waals surface area contributed by atoms with Crippen LogP contribution in [0, 0.1) is 17.0 Å². The van der Waals surface area contributed by atoms with Crippen molar-refractivity contribution in [2.75, 3.05) is 19.7 Å². The molecule has 1 saturated heterocycles. The highest BCUT2D eigenvalue weighted by Crippen LogP contribution is 2.26. The number of piperidine rings is 1. The summed E-state index contributed by atoms with van der Waals surface area (Å²) in [7, 11) is 0. The first-order valence-corrected chi connectivity index (χ1v) is 7.19. The molecule has 1 fully saturated rings. The number of aryl methyl sites for hydroxylation is 1. The number of hydrogen-bond donors (Lipinski definition) is 0. The van der Waals surface area contributed by atoms with E-state index in [1.807, 2.05) is 6.92 Å². The maximum atomic E-state index is 12.6. The molecule has 0 aromatic heterocycles. The van der Waals surface area contributed by atoms with Crippen molar-refractivity contribution in [3.05, 3.63) is 39.4 Å². The number of nitro groups is 1. The Morgan fingerprint density at radius 1 is 1.52 bits per heavy atom. The summed E-state index contributed by atoms with van der Waals surface area (Å²) in [6.45, 7) is 5.29. The molecule has 0 N–H and O–H groups in total. The normalized spacial score (nSPS) is 18.6. The van der Waals surface area contributed by atoms with Crippen molar-refractivity contribution in [2.24, 2.45) is 0 Å². The highest BCUT2D eigenvalue weighted by Gasteiger charge is 2.29. The van der Waals surface area contributed by atoms with Gasteiger partial charge in [0.15, 0.2) is 0 Å². The van der Waals surface area contributed by atoms with E-state index in [9.17, 15) is 14.9 Å². The molecule has 6 nitrogen and oxygen atoms in total. The molecule has 1 aliphatic rings. The average Bonchev–Trinajstić information content (AvgIpc) is 2.46. The predicted octanol–water partition coefficient (Wildman–Crippen LogP) is 2.54. The summed E-state index contributed by atoms with van der Waals surface area (Å²) in [5, 5.41) is 11.2. The van der Waals surface area contributed by atoms with E-state index in [1.54, 1.807) is 24.0 Å². The molecule has 0 aliphatic carbocycles. The first-order chi connectivity index (χ1) is 10.0. The lowest BCUT2D eigenvalue weighted by molar-refractivity contribution is -0.385. The summed E-state index contributed by atoms with van der Waals surface area (Å²) < 4.78 is 5.57. The van der Waals surface area contributed by atoms with Crippen LogP contribution in [-0.2, 0) is 4.74 Å². The maximum absolute atomic E-state index is 12.6. The van der Waals surface area contributed by atoms with Crippen molar-refractivity contribution in [1.82, 2.24) is 4.90 Å². The number of nitrogens with zero attached hydrogens (tertiary/aromatic N) is 2. The van der Waals surface area contributed by atoms with Gasteiger partial charge in [-0.2, -0.15) is 0 Å². The fourth-order valence-corrected chi connectivity index (χ4v) is 2.74. The second kappa shape index (κ2) is 6.67. The zero-order chi connectivity index (χ0) is 15.4. The van der Waals surface area contributed by atoms with Gasteiger partial charge in [-0.3, -0.25) is 14.9 Å². The van der Waals surface area contributed by atoms with Crippen LogP contribution >= 0.6 is 0 Å². The Morgan fingerprint density at radius 3 is 2.95 bits per heavy atom. The van der Waals surface area contributed by atoms with E-state index >= 15 is 0 Å². The fraction of sp³-hybridized carbons (Fsp3) is 0.533. The predicted molar refractivity (Wildman–Crippen MR) is 78.4 cm³/mol. The van der Waals surface area contributed by atoms with Crippen LogP contribution < -0.4 is 0 Å². The number of likely N-dealkylation sites (tertiary alicyclic amines) is 1. The summed E-state index contributed by atoms with van der Waals surface area (Å²) in [5.41, 5.74) is 0.572. The largest absolute Gasteiger partial charge is 0.377 e. The van der Waals surface area contributed by atoms with Crippen molar-refractivity contribution >= 4 is 11.6 Å². The van der Waals surface area contributed by atoms with Crippen LogP contribution in [0.1, 0.15) is 35.7 Å². The minimum Gasteiger partial charge on any atom is -0.377 e. The molecule has 1 unspecified atom stereocenters. The third-order valence-electron chi connectivity index (χ3n) is 3.72. The van der Waals surface area contributed by atoms with Gasteiger partial charge < -0.3 is 9.64 Å². The van der Waals surface area contributed by atoms with Gasteiger partial charge >= 0.3 is 0 Å². The number of carbonyl (C=O) groups is 1. The van der Waals surface area contributed by atoms with Gasteiger partial charge in [0.25, 0.3) is 11.6 Å². The number of nitro benzene ring substituents is 1. The smallest absolute Gasteiger partial charge is 0.285 e. The van der Waals surface area contributed by atoms with Gasteiger partial charge in [0, 0.05) is 25.3 Å². The number of benzene rings is 1. The van der Waals surface area contributed by atoms with Crippen LogP contribution in [0.5, 0.6) is 0 Å². The number of carbonyl (C=O) groups excluding carboxylic acids is 1. The van der Waals surface area contributed by atoms with Crippen LogP contribution in [-0.4, -0.2) is 41.5 Å². The Morgan fingerprint density at radius 2 is 2.29 bits per heavy atom. The highest BCUT2D eigenvalue weighted by atomic mass is 16.6. The van der Waals surface area contributed by atoms with E-state index in [1.165, 1.54) is 6.07 Å². The van der Waals surface area contributed by atoms with Crippen LogP contribution in [0.15, 0.2) is 18.2 Å². The summed E-state index contributed by atoms with van der Waals surface area (Å²) in [6, 6.07) is 4.85. The standard InChI is InChI=1S/C15H20N2O4/c1-3-21-12-7-5-9-16(10-12)15(18)13-8-4-6-11(2)14(13)17(19)20/h4,6,8,12H,3,5,7,9-10H2,1-2H3. The molecule has 2 rings (SSSR count). The highest BCUT2D eigenvalue weighted by molar-refractivity contribution is 5.98. The van der Waals surface area contributed by atoms with Gasteiger partial charge in [-0.15, -0.1) is 0 Å². The van der Waals surface area contributed by atoms with Crippen LogP contribution in [0.4, 0.5) is 5.69 Å². The first kappa shape index (κ1) is 15.4. The van der Waals surface area contributed by atoms with Crippen molar-refractivity contribution in [3.63, 3.8) is 0 Å². The molecule has 1 atom stereocenters. The molecule has 1 heterocycles. The molecule has 1 aromatic rings. The van der Waals surface area contributed by atoms with E-state index in [0.29, 0.717) is 25.3 Å². The Kier molecular flexibility index (Phi) is 4.90. The summed E-state index contributed by atoms with van der Waals surface area (Å²) in [6.07, 6.45) is 1.81. The molecule has 21 heavy (non-hydrogen) atoms. The van der Waals surface area contributed by atoms with Gasteiger partial charge in [-0.05, 0) is 32.8 Å². The Balaban J connectivity index is 2.24. The fourth-order valence-electron chi connectivity index (χ4n) is 2.74. The van der Waals surface area contributed by atoms with E-state index in [0.717, 1.165) is 12.8 Å². The number of para-hydroxylation sites is 1. The van der Waals surface area contributed by atoms with Crippen molar-refractivity contribution < 1.29 is 14.5 Å². The van der Waals surface area contributed by atoms with Gasteiger partial charge in [0.1, 0.15) is 5.56 Å². The zero-order valence-electron chi connectivity index (χ0n) is 12.4. The quantitative estimate of drug-likeness (QED) is 0.631. The SMILES string of the molecule is CCOC1CCCN(C(=O)c2cccc(C)c2[N+](=O)[O-])C1. The lowest BCUT2D eigenvalue weighted by atomic mass is 10.0. The Hall–Kier alpha value is -1.95. The number of hydrogen-bond acceptors (Lipinski definition) is 4. The number of amides is 1. The van der Waals surface area contributed by atoms with Crippen LogP contribution in [0.2, 0.25) is 0 Å². The van der Waals surface area contributed by atoms with Gasteiger partial charge in [-0.25, -0.2) is 0 Å². The Bertz CT molecular complexity index is 542. The third kappa shape index (κ3) is 3.39. The van der Waals surface area contributed by atoms with Crippen LogP contribution in [0.3, 0.4) is 0 Å². The molecule has 1 amide bonds. The van der Waals surface area contributed by atoms with Crippen molar-refractivity contribution in [3.8, 4) is 0 Å². The molecule has 1 aromatic carbocycles. The van der Waals surface area contributed by atoms with E-state index in [2.05, 4.69) is 0 Å². The summed E-state index contributed by atoms with van der Waals surface area (Å²) in [4.78, 5) is 25.0. The Labute approximate surface area is 123 Å². The molecule has 1 aliphatic heterocycles. The lowest BCUT2D eigenvalue weighted by Crippen LogP contribution is -2.43. The molecule has 0 bridgehead atoms.